The first-order valence-electron chi connectivity index (χ1n) is 6.91. The first-order valence-corrected chi connectivity index (χ1v) is 6.91. The molecule has 20 heavy (non-hydrogen) atoms. The van der Waals surface area contributed by atoms with E-state index in [0.29, 0.717) is 5.56 Å². The molecule has 0 bridgehead atoms. The number of carbonyl (C=O) groups is 1. The van der Waals surface area contributed by atoms with E-state index in [1.165, 1.54) is 0 Å². The van der Waals surface area contributed by atoms with E-state index < -0.39 is 11.6 Å². The van der Waals surface area contributed by atoms with E-state index in [0.717, 1.165) is 31.9 Å². The number of carbonyl (C=O) groups excluding carboxylic acids is 1. The third kappa shape index (κ3) is 4.21. The molecule has 0 amide bonds. The van der Waals surface area contributed by atoms with Crippen molar-refractivity contribution < 1.29 is 14.6 Å². The van der Waals surface area contributed by atoms with E-state index in [1.807, 2.05) is 32.9 Å². The van der Waals surface area contributed by atoms with Crippen molar-refractivity contribution in [2.24, 2.45) is 0 Å². The quantitative estimate of drug-likeness (QED) is 0.677. The first-order chi connectivity index (χ1) is 9.46. The Morgan fingerprint density at radius 3 is 2.30 bits per heavy atom. The lowest BCUT2D eigenvalue weighted by Crippen LogP contribution is -2.43. The van der Waals surface area contributed by atoms with Gasteiger partial charge in [-0.2, -0.15) is 4.89 Å². The highest BCUT2D eigenvalue weighted by Gasteiger charge is 2.17. The molecule has 0 radical (unpaired) electrons. The highest BCUT2D eigenvalue weighted by molar-refractivity contribution is 5.89. The number of anilines is 1. The molecule has 0 unspecified atom stereocenters. The molecule has 0 spiro atoms. The molecular formula is C15H22N2O3. The van der Waals surface area contributed by atoms with Crippen LogP contribution >= 0.6 is 0 Å². The van der Waals surface area contributed by atoms with Crippen molar-refractivity contribution in [2.45, 2.75) is 26.4 Å². The molecule has 0 aromatic heterocycles. The van der Waals surface area contributed by atoms with Gasteiger partial charge >= 0.3 is 5.97 Å². The summed E-state index contributed by atoms with van der Waals surface area (Å²) in [6.45, 7) is 9.43. The molecule has 1 aromatic carbocycles. The van der Waals surface area contributed by atoms with Gasteiger partial charge in [-0.15, -0.1) is 0 Å². The molecule has 2 rings (SSSR count). The Morgan fingerprint density at radius 2 is 1.75 bits per heavy atom. The van der Waals surface area contributed by atoms with Crippen molar-refractivity contribution >= 4 is 11.7 Å². The summed E-state index contributed by atoms with van der Waals surface area (Å²) < 4.78 is 0. The van der Waals surface area contributed by atoms with E-state index in [-0.39, 0.29) is 0 Å². The second-order valence-electron chi connectivity index (χ2n) is 5.85. The minimum absolute atomic E-state index is 0.466. The number of nitrogens with zero attached hydrogens (tertiary/aromatic N) is 1. The fraction of sp³-hybridized carbons (Fsp3) is 0.533. The zero-order chi connectivity index (χ0) is 14.6. The number of hydrogen-bond donors (Lipinski definition) is 1. The van der Waals surface area contributed by atoms with Crippen molar-refractivity contribution in [3.8, 4) is 0 Å². The fourth-order valence-corrected chi connectivity index (χ4v) is 1.94. The summed E-state index contributed by atoms with van der Waals surface area (Å²) in [4.78, 5) is 23.9. The van der Waals surface area contributed by atoms with Crippen molar-refractivity contribution in [1.82, 2.24) is 5.32 Å². The molecule has 1 aliphatic rings. The molecule has 1 N–H and O–H groups in total. The Hall–Kier alpha value is -1.59. The van der Waals surface area contributed by atoms with Gasteiger partial charge in [-0.25, -0.2) is 4.79 Å². The summed E-state index contributed by atoms with van der Waals surface area (Å²) in [5, 5.41) is 3.31. The van der Waals surface area contributed by atoms with Crippen LogP contribution in [0.15, 0.2) is 24.3 Å². The zero-order valence-electron chi connectivity index (χ0n) is 12.3. The van der Waals surface area contributed by atoms with E-state index in [9.17, 15) is 4.79 Å². The molecule has 1 aliphatic heterocycles. The first kappa shape index (κ1) is 14.8. The second-order valence-corrected chi connectivity index (χ2v) is 5.85. The number of nitrogens with one attached hydrogen (secondary N) is 1. The largest absolute Gasteiger partial charge is 0.373 e. The maximum absolute atomic E-state index is 11.8. The summed E-state index contributed by atoms with van der Waals surface area (Å²) in [6.07, 6.45) is 0. The Balaban J connectivity index is 1.95. The predicted molar refractivity (Wildman–Crippen MR) is 77.8 cm³/mol. The minimum Gasteiger partial charge on any atom is -0.369 e. The maximum Gasteiger partial charge on any atom is 0.373 e. The Morgan fingerprint density at radius 1 is 1.15 bits per heavy atom. The molecule has 5 nitrogen and oxygen atoms in total. The van der Waals surface area contributed by atoms with Gasteiger partial charge in [0.2, 0.25) is 0 Å². The van der Waals surface area contributed by atoms with Crippen molar-refractivity contribution in [1.29, 1.82) is 0 Å². The molecule has 5 heteroatoms. The van der Waals surface area contributed by atoms with E-state index >= 15 is 0 Å². The van der Waals surface area contributed by atoms with Gasteiger partial charge < -0.3 is 10.2 Å². The number of hydrogen-bond acceptors (Lipinski definition) is 5. The molecule has 0 aliphatic carbocycles. The Bertz CT molecular complexity index is 445. The van der Waals surface area contributed by atoms with Crippen LogP contribution < -0.4 is 10.2 Å². The summed E-state index contributed by atoms with van der Waals surface area (Å²) in [6, 6.07) is 7.43. The van der Waals surface area contributed by atoms with Gasteiger partial charge in [0.05, 0.1) is 5.56 Å². The van der Waals surface area contributed by atoms with Crippen LogP contribution in [-0.4, -0.2) is 37.7 Å². The van der Waals surface area contributed by atoms with Gasteiger partial charge in [-0.3, -0.25) is 4.89 Å². The van der Waals surface area contributed by atoms with E-state index in [2.05, 4.69) is 10.2 Å². The van der Waals surface area contributed by atoms with Crippen LogP contribution in [0.3, 0.4) is 0 Å². The SMILES string of the molecule is CC(C)(C)OOC(=O)c1ccc(N2CCNCC2)cc1. The minimum atomic E-state index is -0.504. The molecule has 1 saturated heterocycles. The summed E-state index contributed by atoms with van der Waals surface area (Å²) in [5.41, 5.74) is 1.11. The highest BCUT2D eigenvalue weighted by atomic mass is 17.2. The van der Waals surface area contributed by atoms with Gasteiger partial charge in [0.25, 0.3) is 0 Å². The molecule has 1 aromatic rings. The van der Waals surface area contributed by atoms with Gasteiger partial charge in [0, 0.05) is 31.9 Å². The molecule has 1 heterocycles. The highest BCUT2D eigenvalue weighted by Crippen LogP contribution is 2.17. The summed E-state index contributed by atoms with van der Waals surface area (Å²) in [7, 11) is 0. The van der Waals surface area contributed by atoms with Gasteiger partial charge in [-0.05, 0) is 45.0 Å². The monoisotopic (exact) mass is 278 g/mol. The molecule has 0 saturated carbocycles. The average molecular weight is 278 g/mol. The third-order valence-electron chi connectivity index (χ3n) is 2.95. The molecule has 0 atom stereocenters. The van der Waals surface area contributed by atoms with Gasteiger partial charge in [-0.1, -0.05) is 0 Å². The normalized spacial score (nSPS) is 16.1. The van der Waals surface area contributed by atoms with Crippen LogP contribution in [0, 0.1) is 0 Å². The number of benzene rings is 1. The smallest absolute Gasteiger partial charge is 0.369 e. The standard InChI is InChI=1S/C15H22N2O3/c1-15(2,3)20-19-14(18)12-4-6-13(7-5-12)17-10-8-16-9-11-17/h4-7,16H,8-11H2,1-3H3. The third-order valence-corrected chi connectivity index (χ3v) is 2.95. The fourth-order valence-electron chi connectivity index (χ4n) is 1.94. The second kappa shape index (κ2) is 6.24. The maximum atomic E-state index is 11.8. The average Bonchev–Trinajstić information content (AvgIpc) is 2.45. The lowest BCUT2D eigenvalue weighted by molar-refractivity contribution is -0.301. The molecular weight excluding hydrogens is 256 g/mol. The van der Waals surface area contributed by atoms with Crippen LogP contribution in [0.4, 0.5) is 5.69 Å². The van der Waals surface area contributed by atoms with Crippen LogP contribution in [0.2, 0.25) is 0 Å². The lowest BCUT2D eigenvalue weighted by atomic mass is 10.2. The number of piperazine rings is 1. The van der Waals surface area contributed by atoms with Crippen LogP contribution in [0.5, 0.6) is 0 Å². The van der Waals surface area contributed by atoms with Crippen LogP contribution in [-0.2, 0) is 9.78 Å². The molecule has 1 fully saturated rings. The van der Waals surface area contributed by atoms with E-state index in [4.69, 9.17) is 9.78 Å². The Kier molecular flexibility index (Phi) is 4.62. The van der Waals surface area contributed by atoms with E-state index in [1.54, 1.807) is 12.1 Å². The predicted octanol–water partition coefficient (Wildman–Crippen LogP) is 1.98. The van der Waals surface area contributed by atoms with Crippen LogP contribution in [0.1, 0.15) is 31.1 Å². The van der Waals surface area contributed by atoms with Crippen molar-refractivity contribution in [2.75, 3.05) is 31.1 Å². The van der Waals surface area contributed by atoms with Crippen LogP contribution in [0.25, 0.3) is 0 Å². The van der Waals surface area contributed by atoms with Crippen molar-refractivity contribution in [3.05, 3.63) is 29.8 Å². The lowest BCUT2D eigenvalue weighted by Gasteiger charge is -2.29. The topological polar surface area (TPSA) is 50.8 Å². The summed E-state index contributed by atoms with van der Waals surface area (Å²) >= 11 is 0. The van der Waals surface area contributed by atoms with Gasteiger partial charge in [0.1, 0.15) is 5.60 Å². The Labute approximate surface area is 119 Å². The number of rotatable bonds is 3. The molecule has 110 valence electrons. The summed E-state index contributed by atoms with van der Waals surface area (Å²) in [5.74, 6) is -0.466. The van der Waals surface area contributed by atoms with Gasteiger partial charge in [0.15, 0.2) is 0 Å². The van der Waals surface area contributed by atoms with Crippen molar-refractivity contribution in [3.63, 3.8) is 0 Å². The zero-order valence-corrected chi connectivity index (χ0v) is 12.3.